The van der Waals surface area contributed by atoms with Gasteiger partial charge in [-0.2, -0.15) is 0 Å². The molecule has 0 heterocycles. The third-order valence-electron chi connectivity index (χ3n) is 4.96. The molecule has 4 heteroatoms. The minimum Gasteiger partial charge on any atom is -0.238 e. The van der Waals surface area contributed by atoms with Gasteiger partial charge in [-0.15, -0.1) is 6.58 Å². The molecule has 1 aromatic carbocycles. The predicted molar refractivity (Wildman–Crippen MR) is 97.4 cm³/mol. The number of fused-ring (bicyclic) bond motifs is 3. The van der Waals surface area contributed by atoms with E-state index < -0.39 is 29.9 Å². The molecule has 3 rings (SSSR count). The summed E-state index contributed by atoms with van der Waals surface area (Å²) in [6, 6.07) is 3.08. The van der Waals surface area contributed by atoms with E-state index in [4.69, 9.17) is 0 Å². The minimum absolute atomic E-state index is 0.161. The van der Waals surface area contributed by atoms with Crippen LogP contribution in [0.25, 0.3) is 5.57 Å². The average Bonchev–Trinajstić information content (AvgIpc) is 2.72. The molecule has 138 valence electrons. The number of alkyl halides is 3. The maximum atomic E-state index is 14.9. The van der Waals surface area contributed by atoms with Gasteiger partial charge in [0.1, 0.15) is 12.0 Å². The summed E-state index contributed by atoms with van der Waals surface area (Å²) >= 11 is 0. The van der Waals surface area contributed by atoms with Gasteiger partial charge in [0.05, 0.1) is 5.56 Å². The van der Waals surface area contributed by atoms with Crippen LogP contribution in [0.2, 0.25) is 0 Å². The molecule has 0 bridgehead atoms. The summed E-state index contributed by atoms with van der Waals surface area (Å²) in [6.45, 7) is 5.53. The summed E-state index contributed by atoms with van der Waals surface area (Å²) in [7, 11) is 0. The van der Waals surface area contributed by atoms with Gasteiger partial charge in [0, 0.05) is 6.42 Å². The highest BCUT2D eigenvalue weighted by atomic mass is 19.3. The molecule has 0 saturated carbocycles. The van der Waals surface area contributed by atoms with Crippen LogP contribution in [-0.4, -0.2) is 6.17 Å². The molecule has 1 aromatic rings. The van der Waals surface area contributed by atoms with E-state index in [9.17, 15) is 17.6 Å². The molecule has 0 amide bonds. The second-order valence-corrected chi connectivity index (χ2v) is 6.84. The van der Waals surface area contributed by atoms with Gasteiger partial charge in [-0.25, -0.2) is 17.6 Å². The average molecular weight is 362 g/mol. The van der Waals surface area contributed by atoms with Gasteiger partial charge in [-0.1, -0.05) is 43.7 Å². The quantitative estimate of drug-likeness (QED) is 0.398. The molecule has 0 fully saturated rings. The van der Waals surface area contributed by atoms with Crippen molar-refractivity contribution in [1.29, 1.82) is 0 Å². The molecule has 26 heavy (non-hydrogen) atoms. The summed E-state index contributed by atoms with van der Waals surface area (Å²) in [4.78, 5) is 0. The first-order valence-corrected chi connectivity index (χ1v) is 8.96. The Morgan fingerprint density at radius 1 is 1.23 bits per heavy atom. The van der Waals surface area contributed by atoms with Crippen LogP contribution in [0.3, 0.4) is 0 Å². The fourth-order valence-corrected chi connectivity index (χ4v) is 3.67. The predicted octanol–water partition coefficient (Wildman–Crippen LogP) is 6.83. The minimum atomic E-state index is -3.36. The van der Waals surface area contributed by atoms with Crippen molar-refractivity contribution in [3.05, 3.63) is 76.7 Å². The van der Waals surface area contributed by atoms with Crippen molar-refractivity contribution in [2.24, 2.45) is 0 Å². The highest BCUT2D eigenvalue weighted by Gasteiger charge is 2.44. The topological polar surface area (TPSA) is 0 Å². The van der Waals surface area contributed by atoms with Crippen molar-refractivity contribution in [2.75, 3.05) is 0 Å². The van der Waals surface area contributed by atoms with Crippen molar-refractivity contribution in [3.8, 4) is 0 Å². The van der Waals surface area contributed by atoms with E-state index in [1.807, 2.05) is 6.92 Å². The van der Waals surface area contributed by atoms with Crippen LogP contribution < -0.4 is 0 Å². The highest BCUT2D eigenvalue weighted by molar-refractivity contribution is 5.85. The summed E-state index contributed by atoms with van der Waals surface area (Å²) in [5, 5.41) is 0. The Balaban J connectivity index is 2.15. The lowest BCUT2D eigenvalue weighted by atomic mass is 9.79. The maximum absolute atomic E-state index is 14.9. The third kappa shape index (κ3) is 3.29. The highest BCUT2D eigenvalue weighted by Crippen LogP contribution is 2.50. The van der Waals surface area contributed by atoms with Crippen LogP contribution in [0.15, 0.2) is 54.2 Å². The van der Waals surface area contributed by atoms with E-state index in [1.165, 1.54) is 12.1 Å². The van der Waals surface area contributed by atoms with Gasteiger partial charge in [0.2, 0.25) is 0 Å². The Bertz CT molecular complexity index is 812. The van der Waals surface area contributed by atoms with Gasteiger partial charge in [-0.3, -0.25) is 0 Å². The fourth-order valence-electron chi connectivity index (χ4n) is 3.67. The maximum Gasteiger partial charge on any atom is 0.280 e. The molecule has 0 radical (unpaired) electrons. The number of halogens is 4. The smallest absolute Gasteiger partial charge is 0.238 e. The van der Waals surface area contributed by atoms with E-state index in [0.29, 0.717) is 30.4 Å². The normalized spacial score (nSPS) is 21.0. The van der Waals surface area contributed by atoms with Crippen molar-refractivity contribution in [1.82, 2.24) is 0 Å². The standard InChI is InChI=1S/C22H22F4/c1-3-5-7-15-9-11-18-17-10-8-14(6-4-2)19(23)12-16(17)13-22(25,26)20(18)21(15)24/h3,8-12,19H,1,4-7,13H2,2H3. The second-order valence-electron chi connectivity index (χ2n) is 6.84. The largest absolute Gasteiger partial charge is 0.280 e. The molecular formula is C22H22F4. The van der Waals surface area contributed by atoms with Crippen LogP contribution >= 0.6 is 0 Å². The Kier molecular flexibility index (Phi) is 5.22. The molecule has 0 saturated heterocycles. The molecule has 1 atom stereocenters. The summed E-state index contributed by atoms with van der Waals surface area (Å²) in [6.07, 6.45) is 6.33. The van der Waals surface area contributed by atoms with Gasteiger partial charge in [0.25, 0.3) is 5.92 Å². The fraction of sp³-hybridized carbons (Fsp3) is 0.364. The Morgan fingerprint density at radius 3 is 2.69 bits per heavy atom. The van der Waals surface area contributed by atoms with Gasteiger partial charge in [0.15, 0.2) is 0 Å². The SMILES string of the molecule is C=CCCc1ccc2c(c1F)C(F)(F)CC1=CC(F)C(CCC)=CC=C12. The zero-order valence-electron chi connectivity index (χ0n) is 14.8. The van der Waals surface area contributed by atoms with Crippen LogP contribution in [-0.2, 0) is 12.3 Å². The zero-order valence-corrected chi connectivity index (χ0v) is 14.8. The molecule has 0 aliphatic heterocycles. The number of hydrogen-bond acceptors (Lipinski definition) is 0. The Hall–Kier alpha value is -2.10. The Labute approximate surface area is 151 Å². The van der Waals surface area contributed by atoms with Crippen LogP contribution in [0, 0.1) is 5.82 Å². The number of rotatable bonds is 5. The van der Waals surface area contributed by atoms with E-state index in [2.05, 4.69) is 6.58 Å². The van der Waals surface area contributed by atoms with Gasteiger partial charge in [-0.05, 0) is 53.2 Å². The monoisotopic (exact) mass is 362 g/mol. The second kappa shape index (κ2) is 7.26. The van der Waals surface area contributed by atoms with E-state index in [0.717, 1.165) is 6.42 Å². The first-order valence-electron chi connectivity index (χ1n) is 8.96. The number of allylic oxidation sites excluding steroid dienone is 7. The van der Waals surface area contributed by atoms with Crippen molar-refractivity contribution < 1.29 is 17.6 Å². The zero-order chi connectivity index (χ0) is 18.9. The first-order chi connectivity index (χ1) is 12.4. The molecule has 0 nitrogen and oxygen atoms in total. The molecule has 2 aliphatic rings. The van der Waals surface area contributed by atoms with Crippen molar-refractivity contribution in [3.63, 3.8) is 0 Å². The summed E-state index contributed by atoms with van der Waals surface area (Å²) < 4.78 is 58.9. The van der Waals surface area contributed by atoms with Crippen LogP contribution in [0.1, 0.15) is 49.3 Å². The number of hydrogen-bond donors (Lipinski definition) is 0. The first kappa shape index (κ1) is 18.7. The number of aryl methyl sites for hydroxylation is 1. The summed E-state index contributed by atoms with van der Waals surface area (Å²) in [5.41, 5.74) is 1.16. The van der Waals surface area contributed by atoms with Crippen molar-refractivity contribution >= 4 is 5.57 Å². The van der Waals surface area contributed by atoms with Crippen molar-refractivity contribution in [2.45, 2.75) is 51.1 Å². The third-order valence-corrected chi connectivity index (χ3v) is 4.96. The molecule has 0 N–H and O–H groups in total. The van der Waals surface area contributed by atoms with Gasteiger partial charge >= 0.3 is 0 Å². The molecule has 0 aromatic heterocycles. The van der Waals surface area contributed by atoms with E-state index in [1.54, 1.807) is 24.3 Å². The Morgan fingerprint density at radius 2 is 2.00 bits per heavy atom. The molecule has 0 spiro atoms. The van der Waals surface area contributed by atoms with Crippen LogP contribution in [0.5, 0.6) is 0 Å². The van der Waals surface area contributed by atoms with Gasteiger partial charge < -0.3 is 0 Å². The molecule has 1 unspecified atom stereocenters. The van der Waals surface area contributed by atoms with E-state index in [-0.39, 0.29) is 16.7 Å². The molecular weight excluding hydrogens is 340 g/mol. The van der Waals surface area contributed by atoms with E-state index >= 15 is 0 Å². The summed E-state index contributed by atoms with van der Waals surface area (Å²) in [5.74, 6) is -4.21. The lowest BCUT2D eigenvalue weighted by Gasteiger charge is -2.30. The number of benzene rings is 1. The molecule has 2 aliphatic carbocycles. The van der Waals surface area contributed by atoms with Crippen LogP contribution in [0.4, 0.5) is 17.6 Å². The lowest BCUT2D eigenvalue weighted by Crippen LogP contribution is -2.25. The lowest BCUT2D eigenvalue weighted by molar-refractivity contribution is -0.00881.